The first kappa shape index (κ1) is 15.3. The highest BCUT2D eigenvalue weighted by atomic mass is 16.5. The Balaban J connectivity index is 1.92. The largest absolute Gasteiger partial charge is 0.481 e. The fourth-order valence-electron chi connectivity index (χ4n) is 3.51. The number of carbonyl (C=O) groups is 2. The van der Waals surface area contributed by atoms with E-state index in [1.54, 1.807) is 7.11 Å². The predicted octanol–water partition coefficient (Wildman–Crippen LogP) is 1.76. The summed E-state index contributed by atoms with van der Waals surface area (Å²) in [6, 6.07) is 0. The maximum atomic E-state index is 12.6. The summed E-state index contributed by atoms with van der Waals surface area (Å²) in [7, 11) is 1.71. The van der Waals surface area contributed by atoms with E-state index in [2.05, 4.69) is 0 Å². The zero-order valence-electron chi connectivity index (χ0n) is 12.2. The molecular weight excluding hydrogens is 258 g/mol. The van der Waals surface area contributed by atoms with E-state index in [4.69, 9.17) is 4.74 Å². The molecule has 20 heavy (non-hydrogen) atoms. The molecule has 2 fully saturated rings. The highest BCUT2D eigenvalue weighted by Gasteiger charge is 2.38. The second-order valence-electron chi connectivity index (χ2n) is 6.06. The van der Waals surface area contributed by atoms with E-state index in [-0.39, 0.29) is 11.8 Å². The summed E-state index contributed by atoms with van der Waals surface area (Å²) >= 11 is 0. The summed E-state index contributed by atoms with van der Waals surface area (Å²) in [4.78, 5) is 25.7. The Hall–Kier alpha value is -1.10. The van der Waals surface area contributed by atoms with Crippen LogP contribution in [0.1, 0.15) is 38.5 Å². The molecule has 1 aliphatic carbocycles. The van der Waals surface area contributed by atoms with Gasteiger partial charge in [0.1, 0.15) is 0 Å². The van der Waals surface area contributed by atoms with Gasteiger partial charge in [-0.05, 0) is 31.6 Å². The van der Waals surface area contributed by atoms with Gasteiger partial charge in [0.2, 0.25) is 5.91 Å². The van der Waals surface area contributed by atoms with Gasteiger partial charge in [0.05, 0.1) is 11.8 Å². The molecule has 5 nitrogen and oxygen atoms in total. The molecule has 1 N–H and O–H groups in total. The zero-order valence-corrected chi connectivity index (χ0v) is 12.2. The van der Waals surface area contributed by atoms with E-state index in [0.717, 1.165) is 51.8 Å². The van der Waals surface area contributed by atoms with Crippen LogP contribution in [0.3, 0.4) is 0 Å². The monoisotopic (exact) mass is 283 g/mol. The zero-order chi connectivity index (χ0) is 14.5. The van der Waals surface area contributed by atoms with Gasteiger partial charge in [0, 0.05) is 26.8 Å². The van der Waals surface area contributed by atoms with Gasteiger partial charge in [0.25, 0.3) is 0 Å². The number of rotatable bonds is 4. The minimum atomic E-state index is -0.808. The van der Waals surface area contributed by atoms with Crippen molar-refractivity contribution < 1.29 is 19.4 Å². The third-order valence-corrected chi connectivity index (χ3v) is 4.73. The Morgan fingerprint density at radius 3 is 2.25 bits per heavy atom. The van der Waals surface area contributed by atoms with Crippen LogP contribution in [0.15, 0.2) is 0 Å². The minimum absolute atomic E-state index is 0.0629. The van der Waals surface area contributed by atoms with Crippen LogP contribution in [0.25, 0.3) is 0 Å². The number of methoxy groups -OCH3 is 1. The Labute approximate surface area is 120 Å². The van der Waals surface area contributed by atoms with Crippen molar-refractivity contribution >= 4 is 11.9 Å². The number of amides is 1. The van der Waals surface area contributed by atoms with Crippen LogP contribution in [0.5, 0.6) is 0 Å². The van der Waals surface area contributed by atoms with Gasteiger partial charge in [-0.15, -0.1) is 0 Å². The van der Waals surface area contributed by atoms with Crippen LogP contribution in [-0.2, 0) is 14.3 Å². The third kappa shape index (κ3) is 3.51. The standard InChI is InChI=1S/C15H25NO4/c1-20-10-11-6-8-16(9-7-11)14(17)12-4-2-3-5-13(12)15(18)19/h11-13H,2-10H2,1H3,(H,18,19)/t12-,13+/m1/s1. The second-order valence-corrected chi connectivity index (χ2v) is 6.06. The molecule has 1 saturated heterocycles. The Morgan fingerprint density at radius 1 is 1.10 bits per heavy atom. The first-order valence-corrected chi connectivity index (χ1v) is 7.64. The lowest BCUT2D eigenvalue weighted by Crippen LogP contribution is -2.46. The SMILES string of the molecule is COCC1CCN(C(=O)[C@@H]2CCCC[C@@H]2C(=O)O)CC1. The summed E-state index contributed by atoms with van der Waals surface area (Å²) in [5.41, 5.74) is 0. The van der Waals surface area contributed by atoms with Crippen LogP contribution >= 0.6 is 0 Å². The van der Waals surface area contributed by atoms with E-state index >= 15 is 0 Å². The number of aliphatic carboxylic acids is 1. The molecule has 0 bridgehead atoms. The van der Waals surface area contributed by atoms with Crippen molar-refractivity contribution in [1.82, 2.24) is 4.90 Å². The number of ether oxygens (including phenoxy) is 1. The molecule has 1 saturated carbocycles. The lowest BCUT2D eigenvalue weighted by molar-refractivity contribution is -0.153. The molecule has 1 aliphatic heterocycles. The quantitative estimate of drug-likeness (QED) is 0.853. The molecule has 2 rings (SSSR count). The molecule has 2 aliphatic rings. The van der Waals surface area contributed by atoms with Crippen LogP contribution in [0.2, 0.25) is 0 Å². The molecule has 0 spiro atoms. The van der Waals surface area contributed by atoms with E-state index in [0.29, 0.717) is 12.3 Å². The van der Waals surface area contributed by atoms with E-state index in [1.807, 2.05) is 4.90 Å². The van der Waals surface area contributed by atoms with Crippen molar-refractivity contribution in [1.29, 1.82) is 0 Å². The Kier molecular flexibility index (Phi) is 5.40. The summed E-state index contributed by atoms with van der Waals surface area (Å²) in [6.45, 7) is 2.24. The first-order valence-electron chi connectivity index (χ1n) is 7.64. The maximum Gasteiger partial charge on any atom is 0.307 e. The second kappa shape index (κ2) is 7.07. The average Bonchev–Trinajstić information content (AvgIpc) is 2.47. The molecule has 0 radical (unpaired) electrons. The summed E-state index contributed by atoms with van der Waals surface area (Å²) in [6.07, 6.45) is 5.20. The van der Waals surface area contributed by atoms with E-state index in [1.165, 1.54) is 0 Å². The Morgan fingerprint density at radius 2 is 1.70 bits per heavy atom. The molecule has 1 amide bonds. The van der Waals surface area contributed by atoms with Gasteiger partial charge >= 0.3 is 5.97 Å². The fraction of sp³-hybridized carbons (Fsp3) is 0.867. The topological polar surface area (TPSA) is 66.8 Å². The van der Waals surface area contributed by atoms with Crippen LogP contribution in [0, 0.1) is 17.8 Å². The number of hydrogen-bond donors (Lipinski definition) is 1. The lowest BCUT2D eigenvalue weighted by Gasteiger charge is -2.36. The van der Waals surface area contributed by atoms with Gasteiger partial charge in [-0.25, -0.2) is 0 Å². The number of carboxylic acids is 1. The smallest absolute Gasteiger partial charge is 0.307 e. The molecule has 5 heteroatoms. The number of carbonyl (C=O) groups excluding carboxylic acids is 1. The lowest BCUT2D eigenvalue weighted by atomic mass is 9.78. The molecule has 114 valence electrons. The van der Waals surface area contributed by atoms with Crippen molar-refractivity contribution in [3.8, 4) is 0 Å². The number of likely N-dealkylation sites (tertiary alicyclic amines) is 1. The first-order chi connectivity index (χ1) is 9.63. The van der Waals surface area contributed by atoms with Gasteiger partial charge in [0.15, 0.2) is 0 Å². The van der Waals surface area contributed by atoms with Crippen molar-refractivity contribution in [2.75, 3.05) is 26.8 Å². The fourth-order valence-corrected chi connectivity index (χ4v) is 3.51. The van der Waals surface area contributed by atoms with Crippen molar-refractivity contribution in [3.63, 3.8) is 0 Å². The number of nitrogens with zero attached hydrogens (tertiary/aromatic N) is 1. The third-order valence-electron chi connectivity index (χ3n) is 4.73. The van der Waals surface area contributed by atoms with E-state index in [9.17, 15) is 14.7 Å². The Bertz CT molecular complexity index is 350. The van der Waals surface area contributed by atoms with Crippen molar-refractivity contribution in [2.24, 2.45) is 17.8 Å². The van der Waals surface area contributed by atoms with Crippen LogP contribution < -0.4 is 0 Å². The van der Waals surface area contributed by atoms with Gasteiger partial charge in [-0.1, -0.05) is 12.8 Å². The molecule has 1 heterocycles. The highest BCUT2D eigenvalue weighted by Crippen LogP contribution is 2.32. The number of hydrogen-bond acceptors (Lipinski definition) is 3. The van der Waals surface area contributed by atoms with Gasteiger partial charge < -0.3 is 14.7 Å². The van der Waals surface area contributed by atoms with E-state index < -0.39 is 11.9 Å². The number of piperidine rings is 1. The van der Waals surface area contributed by atoms with Crippen molar-refractivity contribution in [2.45, 2.75) is 38.5 Å². The summed E-state index contributed by atoms with van der Waals surface area (Å²) in [5, 5.41) is 9.28. The van der Waals surface area contributed by atoms with Crippen molar-refractivity contribution in [3.05, 3.63) is 0 Å². The number of carboxylic acid groups (broad SMARTS) is 1. The van der Waals surface area contributed by atoms with Crippen LogP contribution in [-0.4, -0.2) is 48.7 Å². The molecule has 0 unspecified atom stereocenters. The maximum absolute atomic E-state index is 12.6. The predicted molar refractivity (Wildman–Crippen MR) is 74.3 cm³/mol. The van der Waals surface area contributed by atoms with Gasteiger partial charge in [-0.2, -0.15) is 0 Å². The molecule has 0 aromatic carbocycles. The summed E-state index contributed by atoms with van der Waals surface area (Å²) < 4.78 is 5.16. The normalized spacial score (nSPS) is 28.4. The molecule has 0 aromatic heterocycles. The summed E-state index contributed by atoms with van der Waals surface area (Å²) in [5.74, 6) is -0.996. The average molecular weight is 283 g/mol. The molecule has 0 aromatic rings. The molecular formula is C15H25NO4. The minimum Gasteiger partial charge on any atom is -0.481 e. The highest BCUT2D eigenvalue weighted by molar-refractivity contribution is 5.85. The van der Waals surface area contributed by atoms with Gasteiger partial charge in [-0.3, -0.25) is 9.59 Å². The van der Waals surface area contributed by atoms with Crippen LogP contribution in [0.4, 0.5) is 0 Å². The molecule has 2 atom stereocenters.